The van der Waals surface area contributed by atoms with E-state index >= 15 is 0 Å². The van der Waals surface area contributed by atoms with E-state index < -0.39 is 0 Å². The van der Waals surface area contributed by atoms with Crippen molar-refractivity contribution in [3.8, 4) is 135 Å². The number of para-hydroxylation sites is 4. The smallest absolute Gasteiger partial charge is 0.164 e. The van der Waals surface area contributed by atoms with Gasteiger partial charge in [-0.05, 0) is 121 Å². The Bertz CT molecular complexity index is 7540. The van der Waals surface area contributed by atoms with Crippen LogP contribution in [0.25, 0.3) is 244 Å². The van der Waals surface area contributed by atoms with Crippen LogP contribution in [0.2, 0.25) is 0 Å². The molecule has 0 N–H and O–H groups in total. The quantitative estimate of drug-likeness (QED) is 0.118. The molecule has 24 rings (SSSR count). The number of furan rings is 4. The molecule has 0 fully saturated rings. The van der Waals surface area contributed by atoms with Crippen molar-refractivity contribution < 1.29 is 17.7 Å². The van der Waals surface area contributed by atoms with E-state index in [0.29, 0.717) is 23.3 Å². The molecule has 0 aliphatic carbocycles. The van der Waals surface area contributed by atoms with E-state index in [0.717, 1.165) is 221 Å². The highest BCUT2D eigenvalue weighted by Crippen LogP contribution is 2.49. The summed E-state index contributed by atoms with van der Waals surface area (Å²) in [4.78, 5) is 24.8. The van der Waals surface area contributed by atoms with Gasteiger partial charge in [0, 0.05) is 98.4 Å². The molecule has 24 aromatic rings. The van der Waals surface area contributed by atoms with Crippen molar-refractivity contribution in [2.24, 2.45) is 0 Å². The Morgan fingerprint density at radius 1 is 0.142 bits per heavy atom. The first-order valence-corrected chi connectivity index (χ1v) is 40.3. The molecule has 0 saturated heterocycles. The van der Waals surface area contributed by atoms with Gasteiger partial charge in [0.05, 0.1) is 11.4 Å². The highest BCUT2D eigenvalue weighted by atomic mass is 16.3. The van der Waals surface area contributed by atoms with Gasteiger partial charge in [-0.15, -0.1) is 0 Å². The summed E-state index contributed by atoms with van der Waals surface area (Å²) in [5, 5.41) is 13.2. The summed E-state index contributed by atoms with van der Waals surface area (Å²) in [5.74, 6) is 2.62. The Morgan fingerprint density at radius 2 is 0.417 bits per heavy atom. The fraction of sp³-hybridized carbons (Fsp3) is 0. The minimum absolute atomic E-state index is 0.630. The van der Waals surface area contributed by atoms with Crippen molar-refractivity contribution >= 4 is 109 Å². The summed E-state index contributed by atoms with van der Waals surface area (Å²) in [5.41, 5.74) is 27.9. The summed E-state index contributed by atoms with van der Waals surface area (Å²) in [6, 6.07) is 141. The van der Waals surface area contributed by atoms with E-state index in [9.17, 15) is 0 Å². The molecule has 0 bridgehead atoms. The van der Waals surface area contributed by atoms with Crippen LogP contribution in [0.15, 0.2) is 424 Å². The lowest BCUT2D eigenvalue weighted by Crippen LogP contribution is -2.00. The van der Waals surface area contributed by atoms with Crippen LogP contribution >= 0.6 is 0 Å². The van der Waals surface area contributed by atoms with Gasteiger partial charge in [-0.25, -0.2) is 24.9 Å². The van der Waals surface area contributed by atoms with Crippen LogP contribution in [0.5, 0.6) is 0 Å². The van der Waals surface area contributed by atoms with Gasteiger partial charge >= 0.3 is 0 Å². The first-order valence-electron chi connectivity index (χ1n) is 40.3. The van der Waals surface area contributed by atoms with Crippen LogP contribution in [0.4, 0.5) is 0 Å². The standard InChI is InChI=1S/C56H34N2O2.C55H33N3O2/c1-3-14-36(15-4-1)49-34-50(58-56(57-49)38-16-5-2-6-17-38)37-30-28-35(29-31-37)39-18-11-19-40(32-39)41-23-13-27-52-53(41)48-33-47(42-20-7-8-22-44(42)55(48)60-52)46-25-12-24-45-43-21-9-10-26-51(43)59-54(45)46;1-3-14-35(15-4-1)53-56-54(36-16-5-2-6-17-36)58-55(57-53)37-30-28-34(29-31-37)38-18-11-19-39(32-38)40-23-13-27-49-50(40)47-33-46(41-20-7-8-22-43(41)52(47)60-49)45-25-12-24-44-42-21-9-10-26-48(42)59-51(44)45/h1-34H;1-33H. The fourth-order valence-electron chi connectivity index (χ4n) is 17.5. The Balaban J connectivity index is 0.000000140. The molecule has 120 heavy (non-hydrogen) atoms. The number of rotatable bonds is 12. The van der Waals surface area contributed by atoms with Gasteiger partial charge in [0.2, 0.25) is 0 Å². The van der Waals surface area contributed by atoms with Gasteiger partial charge in [0.1, 0.15) is 44.7 Å². The molecule has 18 aromatic carbocycles. The average Bonchev–Trinajstić information content (AvgIpc) is 1.56. The van der Waals surface area contributed by atoms with E-state index in [2.05, 4.69) is 285 Å². The van der Waals surface area contributed by atoms with Gasteiger partial charge in [0.15, 0.2) is 23.3 Å². The van der Waals surface area contributed by atoms with E-state index in [1.54, 1.807) is 0 Å². The fourth-order valence-corrected chi connectivity index (χ4v) is 17.5. The second-order valence-electron chi connectivity index (χ2n) is 30.4. The average molecular weight is 1530 g/mol. The van der Waals surface area contributed by atoms with Crippen molar-refractivity contribution in [2.75, 3.05) is 0 Å². The molecule has 9 heteroatoms. The topological polar surface area (TPSA) is 117 Å². The van der Waals surface area contributed by atoms with Gasteiger partial charge in [-0.2, -0.15) is 0 Å². The molecule has 560 valence electrons. The van der Waals surface area contributed by atoms with Crippen molar-refractivity contribution in [1.29, 1.82) is 0 Å². The predicted octanol–water partition coefficient (Wildman–Crippen LogP) is 30.3. The van der Waals surface area contributed by atoms with Gasteiger partial charge in [-0.1, -0.05) is 352 Å². The number of hydrogen-bond acceptors (Lipinski definition) is 9. The zero-order valence-electron chi connectivity index (χ0n) is 64.6. The molecule has 0 aliphatic rings. The molecular weight excluding hydrogens is 1470 g/mol. The molecule has 0 radical (unpaired) electrons. The van der Waals surface area contributed by atoms with Crippen molar-refractivity contribution in [2.45, 2.75) is 0 Å². The molecule has 9 nitrogen and oxygen atoms in total. The van der Waals surface area contributed by atoms with Crippen molar-refractivity contribution in [3.05, 3.63) is 406 Å². The van der Waals surface area contributed by atoms with Gasteiger partial charge in [-0.3, -0.25) is 0 Å². The molecule has 0 atom stereocenters. The zero-order valence-corrected chi connectivity index (χ0v) is 64.6. The number of nitrogens with zero attached hydrogens (tertiary/aromatic N) is 5. The van der Waals surface area contributed by atoms with Gasteiger partial charge in [0.25, 0.3) is 0 Å². The SMILES string of the molecule is c1ccc(-c2cc(-c3ccc(-c4cccc(-c5cccc6oc7c8ccccc8c(-c8cccc9c8oc8ccccc89)cc7c56)c4)cc3)nc(-c3ccccc3)n2)cc1.c1ccc(-c2nc(-c3ccccc3)nc(-c3ccc(-c4cccc(-c5cccc6oc7c8ccccc8c(-c8cccc9c8oc8ccccc89)cc7c56)c4)cc3)n2)cc1. The number of benzene rings is 18. The van der Waals surface area contributed by atoms with Crippen molar-refractivity contribution in [3.63, 3.8) is 0 Å². The molecule has 0 spiro atoms. The lowest BCUT2D eigenvalue weighted by atomic mass is 9.92. The first kappa shape index (κ1) is 69.3. The highest BCUT2D eigenvalue weighted by Gasteiger charge is 2.25. The first-order chi connectivity index (χ1) is 59.5. The second kappa shape index (κ2) is 28.9. The van der Waals surface area contributed by atoms with E-state index in [1.165, 1.54) is 0 Å². The molecular formula is C111H67N5O4. The van der Waals surface area contributed by atoms with Crippen LogP contribution in [0.1, 0.15) is 0 Å². The minimum Gasteiger partial charge on any atom is -0.455 e. The Hall–Kier alpha value is -16.2. The third kappa shape index (κ3) is 12.1. The number of aromatic nitrogens is 5. The Morgan fingerprint density at radius 3 is 0.850 bits per heavy atom. The Labute approximate surface area is 688 Å². The summed E-state index contributed by atoms with van der Waals surface area (Å²) in [6.07, 6.45) is 0. The van der Waals surface area contributed by atoms with Crippen LogP contribution in [0.3, 0.4) is 0 Å². The monoisotopic (exact) mass is 1530 g/mol. The normalized spacial score (nSPS) is 11.7. The molecule has 0 amide bonds. The number of hydrogen-bond donors (Lipinski definition) is 0. The highest BCUT2D eigenvalue weighted by molar-refractivity contribution is 6.26. The lowest BCUT2D eigenvalue weighted by molar-refractivity contribution is 0.669. The van der Waals surface area contributed by atoms with Crippen LogP contribution in [-0.2, 0) is 0 Å². The summed E-state index contributed by atoms with van der Waals surface area (Å²) in [7, 11) is 0. The molecule has 6 aromatic heterocycles. The van der Waals surface area contributed by atoms with Crippen LogP contribution in [-0.4, -0.2) is 24.9 Å². The molecule has 6 heterocycles. The summed E-state index contributed by atoms with van der Waals surface area (Å²) < 4.78 is 26.6. The maximum atomic E-state index is 6.76. The molecule has 0 saturated carbocycles. The van der Waals surface area contributed by atoms with Crippen LogP contribution in [0, 0.1) is 0 Å². The third-order valence-corrected chi connectivity index (χ3v) is 23.3. The van der Waals surface area contributed by atoms with Crippen molar-refractivity contribution in [1.82, 2.24) is 24.9 Å². The third-order valence-electron chi connectivity index (χ3n) is 23.3. The minimum atomic E-state index is 0.630. The van der Waals surface area contributed by atoms with Crippen LogP contribution < -0.4 is 0 Å². The van der Waals surface area contributed by atoms with E-state index in [1.807, 2.05) is 121 Å². The van der Waals surface area contributed by atoms with E-state index in [4.69, 9.17) is 42.6 Å². The maximum absolute atomic E-state index is 6.76. The van der Waals surface area contributed by atoms with Gasteiger partial charge < -0.3 is 17.7 Å². The molecule has 0 aliphatic heterocycles. The predicted molar refractivity (Wildman–Crippen MR) is 491 cm³/mol. The molecule has 0 unspecified atom stereocenters. The maximum Gasteiger partial charge on any atom is 0.164 e. The second-order valence-corrected chi connectivity index (χ2v) is 30.4. The largest absolute Gasteiger partial charge is 0.455 e. The summed E-state index contributed by atoms with van der Waals surface area (Å²) in [6.45, 7) is 0. The van der Waals surface area contributed by atoms with E-state index in [-0.39, 0.29) is 0 Å². The zero-order chi connectivity index (χ0) is 79.1. The lowest BCUT2D eigenvalue weighted by Gasteiger charge is -2.11. The Kier molecular flexibility index (Phi) is 16.7. The summed E-state index contributed by atoms with van der Waals surface area (Å²) >= 11 is 0. The number of fused-ring (bicyclic) bond motifs is 16.